The van der Waals surface area contributed by atoms with E-state index >= 15 is 0 Å². The molecule has 0 aliphatic heterocycles. The lowest BCUT2D eigenvalue weighted by molar-refractivity contribution is 0.190. The minimum Gasteiger partial charge on any atom is -0.393 e. The molecule has 0 spiro atoms. The molecule has 0 saturated carbocycles. The van der Waals surface area contributed by atoms with Crippen LogP contribution in [0.3, 0.4) is 0 Å². The van der Waals surface area contributed by atoms with E-state index in [1.807, 2.05) is 6.92 Å². The normalized spacial score (nSPS) is 12.2. The highest BCUT2D eigenvalue weighted by molar-refractivity contribution is 5.74. The van der Waals surface area contributed by atoms with Crippen molar-refractivity contribution in [3.63, 3.8) is 0 Å². The Kier molecular flexibility index (Phi) is 6.91. The van der Waals surface area contributed by atoms with Gasteiger partial charge in [-0.3, -0.25) is 0 Å². The maximum atomic E-state index is 6.02. The first-order chi connectivity index (χ1) is 9.19. The molecule has 0 aliphatic rings. The first-order valence-corrected chi connectivity index (χ1v) is 6.27. The van der Waals surface area contributed by atoms with Gasteiger partial charge in [0.15, 0.2) is 11.6 Å². The summed E-state index contributed by atoms with van der Waals surface area (Å²) in [5.41, 5.74) is 6.54. The highest BCUT2D eigenvalue weighted by Gasteiger charge is 2.10. The fourth-order valence-electron chi connectivity index (χ4n) is 1.60. The third-order valence-corrected chi connectivity index (χ3v) is 2.50. The van der Waals surface area contributed by atoms with Crippen LogP contribution in [-0.4, -0.2) is 50.0 Å². The quantitative estimate of drug-likeness (QED) is 0.575. The van der Waals surface area contributed by atoms with Crippen LogP contribution in [-0.2, 0) is 9.47 Å². The molecule has 4 N–H and O–H groups in total. The fraction of sp³-hybridized carbons (Fsp3) is 0.667. The standard InChI is InChI=1S/C12H23N5O2/c1-9(7-19-3)17-12-10(13)11(15-8-16-12)14-5-4-6-18-2/h8-9H,4-7,13H2,1-3H3,(H2,14,15,16,17). The third-order valence-electron chi connectivity index (χ3n) is 2.50. The Morgan fingerprint density at radius 2 is 2.00 bits per heavy atom. The predicted molar refractivity (Wildman–Crippen MR) is 76.4 cm³/mol. The van der Waals surface area contributed by atoms with Crippen molar-refractivity contribution >= 4 is 17.3 Å². The van der Waals surface area contributed by atoms with E-state index in [9.17, 15) is 0 Å². The van der Waals surface area contributed by atoms with Crippen LogP contribution in [0.4, 0.5) is 17.3 Å². The van der Waals surface area contributed by atoms with Gasteiger partial charge in [-0.25, -0.2) is 9.97 Å². The molecule has 0 aliphatic carbocycles. The van der Waals surface area contributed by atoms with E-state index in [1.165, 1.54) is 6.33 Å². The molecular weight excluding hydrogens is 246 g/mol. The van der Waals surface area contributed by atoms with Crippen molar-refractivity contribution in [2.24, 2.45) is 0 Å². The topological polar surface area (TPSA) is 94.3 Å². The zero-order valence-corrected chi connectivity index (χ0v) is 11.8. The Labute approximate surface area is 113 Å². The number of methoxy groups -OCH3 is 2. The van der Waals surface area contributed by atoms with Crippen LogP contribution >= 0.6 is 0 Å². The summed E-state index contributed by atoms with van der Waals surface area (Å²) in [5, 5.41) is 6.35. The van der Waals surface area contributed by atoms with E-state index in [4.69, 9.17) is 15.2 Å². The van der Waals surface area contributed by atoms with Gasteiger partial charge >= 0.3 is 0 Å². The van der Waals surface area contributed by atoms with Crippen molar-refractivity contribution in [2.75, 3.05) is 50.3 Å². The van der Waals surface area contributed by atoms with Gasteiger partial charge in [-0.05, 0) is 13.3 Å². The first kappa shape index (κ1) is 15.5. The van der Waals surface area contributed by atoms with E-state index in [0.717, 1.165) is 13.0 Å². The van der Waals surface area contributed by atoms with Crippen molar-refractivity contribution in [1.29, 1.82) is 0 Å². The van der Waals surface area contributed by atoms with Crippen molar-refractivity contribution in [3.8, 4) is 0 Å². The second-order valence-electron chi connectivity index (χ2n) is 4.26. The minimum atomic E-state index is 0.128. The molecule has 1 atom stereocenters. The van der Waals surface area contributed by atoms with Gasteiger partial charge in [0.05, 0.1) is 6.61 Å². The van der Waals surface area contributed by atoms with Gasteiger partial charge in [0.25, 0.3) is 0 Å². The zero-order valence-electron chi connectivity index (χ0n) is 11.8. The average Bonchev–Trinajstić information content (AvgIpc) is 2.39. The number of nitrogens with one attached hydrogen (secondary N) is 2. The Morgan fingerprint density at radius 3 is 2.68 bits per heavy atom. The van der Waals surface area contributed by atoms with Gasteiger partial charge in [-0.15, -0.1) is 0 Å². The van der Waals surface area contributed by atoms with Gasteiger partial charge in [0.2, 0.25) is 0 Å². The third kappa shape index (κ3) is 5.27. The molecule has 0 saturated heterocycles. The van der Waals surface area contributed by atoms with Crippen molar-refractivity contribution < 1.29 is 9.47 Å². The van der Waals surface area contributed by atoms with E-state index < -0.39 is 0 Å². The summed E-state index contributed by atoms with van der Waals surface area (Å²) in [6.45, 7) is 4.03. The Hall–Kier alpha value is -1.60. The Morgan fingerprint density at radius 1 is 1.26 bits per heavy atom. The molecule has 1 heterocycles. The SMILES string of the molecule is COCCCNc1ncnc(NC(C)COC)c1N. The molecule has 1 rings (SSSR count). The van der Waals surface area contributed by atoms with Gasteiger partial charge in [-0.1, -0.05) is 0 Å². The molecule has 0 bridgehead atoms. The van der Waals surface area contributed by atoms with Crippen molar-refractivity contribution in [1.82, 2.24) is 9.97 Å². The lowest BCUT2D eigenvalue weighted by Gasteiger charge is -2.16. The zero-order chi connectivity index (χ0) is 14.1. The highest BCUT2D eigenvalue weighted by Crippen LogP contribution is 2.22. The Bertz CT molecular complexity index is 375. The van der Waals surface area contributed by atoms with Crippen molar-refractivity contribution in [2.45, 2.75) is 19.4 Å². The van der Waals surface area contributed by atoms with Crippen LogP contribution in [0.15, 0.2) is 6.33 Å². The average molecular weight is 269 g/mol. The minimum absolute atomic E-state index is 0.128. The van der Waals surface area contributed by atoms with E-state index in [1.54, 1.807) is 14.2 Å². The van der Waals surface area contributed by atoms with Crippen LogP contribution in [0.25, 0.3) is 0 Å². The summed E-state index contributed by atoms with van der Waals surface area (Å²) in [5.74, 6) is 1.26. The number of hydrogen-bond donors (Lipinski definition) is 3. The maximum Gasteiger partial charge on any atom is 0.155 e. The summed E-state index contributed by atoms with van der Waals surface area (Å²) in [6, 6.07) is 0.128. The lowest BCUT2D eigenvalue weighted by atomic mass is 10.3. The smallest absolute Gasteiger partial charge is 0.155 e. The predicted octanol–water partition coefficient (Wildman–Crippen LogP) is 0.954. The van der Waals surface area contributed by atoms with Gasteiger partial charge < -0.3 is 25.8 Å². The van der Waals surface area contributed by atoms with Crippen LogP contribution in [0.2, 0.25) is 0 Å². The number of rotatable bonds is 9. The van der Waals surface area contributed by atoms with E-state index in [-0.39, 0.29) is 6.04 Å². The number of aromatic nitrogens is 2. The molecule has 0 radical (unpaired) electrons. The highest BCUT2D eigenvalue weighted by atomic mass is 16.5. The number of nitrogens with two attached hydrogens (primary N) is 1. The van der Waals surface area contributed by atoms with E-state index in [2.05, 4.69) is 20.6 Å². The molecule has 108 valence electrons. The molecule has 0 aromatic carbocycles. The fourth-order valence-corrected chi connectivity index (χ4v) is 1.60. The van der Waals surface area contributed by atoms with Crippen LogP contribution in [0.1, 0.15) is 13.3 Å². The molecule has 7 heteroatoms. The monoisotopic (exact) mass is 269 g/mol. The molecule has 7 nitrogen and oxygen atoms in total. The van der Waals surface area contributed by atoms with Gasteiger partial charge in [0.1, 0.15) is 12.0 Å². The first-order valence-electron chi connectivity index (χ1n) is 6.27. The maximum absolute atomic E-state index is 6.02. The lowest BCUT2D eigenvalue weighted by Crippen LogP contribution is -2.22. The summed E-state index contributed by atoms with van der Waals surface area (Å²) < 4.78 is 10.0. The molecule has 1 aromatic heterocycles. The largest absolute Gasteiger partial charge is 0.393 e. The molecule has 0 amide bonds. The Balaban J connectivity index is 2.58. The number of nitrogens with zero attached hydrogens (tertiary/aromatic N) is 2. The summed E-state index contributed by atoms with van der Waals surface area (Å²) in [7, 11) is 3.34. The molecule has 19 heavy (non-hydrogen) atoms. The van der Waals surface area contributed by atoms with Crippen LogP contribution < -0.4 is 16.4 Å². The number of ether oxygens (including phenoxy) is 2. The van der Waals surface area contributed by atoms with Crippen LogP contribution in [0, 0.1) is 0 Å². The summed E-state index contributed by atoms with van der Waals surface area (Å²) >= 11 is 0. The number of hydrogen-bond acceptors (Lipinski definition) is 7. The number of anilines is 3. The summed E-state index contributed by atoms with van der Waals surface area (Å²) in [6.07, 6.45) is 2.37. The molecular formula is C12H23N5O2. The van der Waals surface area contributed by atoms with Gasteiger partial charge in [-0.2, -0.15) is 0 Å². The van der Waals surface area contributed by atoms with E-state index in [0.29, 0.717) is 30.5 Å². The summed E-state index contributed by atoms with van der Waals surface area (Å²) in [4.78, 5) is 8.27. The second kappa shape index (κ2) is 8.49. The molecule has 1 unspecified atom stereocenters. The van der Waals surface area contributed by atoms with Gasteiger partial charge in [0, 0.05) is 33.4 Å². The van der Waals surface area contributed by atoms with Crippen LogP contribution in [0.5, 0.6) is 0 Å². The molecule has 0 fully saturated rings. The number of nitrogen functional groups attached to an aromatic ring is 1. The second-order valence-corrected chi connectivity index (χ2v) is 4.26. The van der Waals surface area contributed by atoms with Crippen molar-refractivity contribution in [3.05, 3.63) is 6.33 Å². The molecule has 1 aromatic rings.